The molecule has 2 saturated heterocycles. The molecule has 14 nitrogen and oxygen atoms in total. The normalized spacial score (nSPS) is 18.3. The van der Waals surface area contributed by atoms with Gasteiger partial charge in [0.2, 0.25) is 15.9 Å². The summed E-state index contributed by atoms with van der Waals surface area (Å²) in [6.07, 6.45) is 4.23. The molecule has 0 bridgehead atoms. The molecule has 278 valence electrons. The van der Waals surface area contributed by atoms with Crippen molar-refractivity contribution in [3.8, 4) is 11.5 Å². The first-order valence-corrected chi connectivity index (χ1v) is 19.1. The maximum absolute atomic E-state index is 12.5. The summed E-state index contributed by atoms with van der Waals surface area (Å²) in [5, 5.41) is 28.2. The smallest absolute Gasteiger partial charge is 0.315 e. The Morgan fingerprint density at radius 2 is 1.84 bits per heavy atom. The van der Waals surface area contributed by atoms with E-state index in [-0.39, 0.29) is 71.5 Å². The second kappa shape index (κ2) is 19.8. The minimum atomic E-state index is -4.02. The van der Waals surface area contributed by atoms with Gasteiger partial charge in [-0.1, -0.05) is 36.8 Å². The summed E-state index contributed by atoms with van der Waals surface area (Å²) in [6.45, 7) is 6.90. The number of hydrogen-bond donors (Lipinski definition) is 6. The van der Waals surface area contributed by atoms with E-state index >= 15 is 0 Å². The number of amides is 3. The predicted octanol–water partition coefficient (Wildman–Crippen LogP) is 2.91. The van der Waals surface area contributed by atoms with E-state index in [1.54, 1.807) is 30.3 Å². The summed E-state index contributed by atoms with van der Waals surface area (Å²) in [4.78, 5) is 35.5. The van der Waals surface area contributed by atoms with E-state index in [0.717, 1.165) is 43.6 Å². The number of carbonyl (C=O) groups is 3. The Morgan fingerprint density at radius 1 is 1.10 bits per heavy atom. The van der Waals surface area contributed by atoms with Gasteiger partial charge in [-0.25, -0.2) is 17.9 Å². The number of phenolic OH excluding ortho intramolecular Hbond substituents is 1. The number of nitrogens with one attached hydrogen (secondary N) is 4. The van der Waals surface area contributed by atoms with Crippen LogP contribution < -0.4 is 25.4 Å². The van der Waals surface area contributed by atoms with E-state index in [2.05, 4.69) is 20.7 Å². The van der Waals surface area contributed by atoms with Crippen LogP contribution in [0.3, 0.4) is 0 Å². The molecule has 50 heavy (non-hydrogen) atoms. The fourth-order valence-electron chi connectivity index (χ4n) is 5.33. The fraction of sp³-hybridized carbons (Fsp3) is 0.559. The molecule has 2 aromatic carbocycles. The van der Waals surface area contributed by atoms with E-state index in [4.69, 9.17) is 19.3 Å². The van der Waals surface area contributed by atoms with Crippen LogP contribution in [0.1, 0.15) is 68.8 Å². The standard InChI is InChI=1S/C18H33N3O4S.C16H17NO6S/c1-4-24-12-25-18(2,3)9-10-19-15(22)8-6-5-7-14-16-13(11-26-14)20-17(23)21-16;1-23-14-10-13(19)12(16(20)11-5-3-2-4-6-11)9-15(14)24(21,22)17-7-8-18/h13-14,16H,4-12H2,1-3H3,(H,19,22)(H2,20,21,23);2-6,9-10,17-19H,7-8H2,1H3/t13?,14-,16?;/m0./s1. The van der Waals surface area contributed by atoms with Gasteiger partial charge in [0.05, 0.1) is 37.0 Å². The van der Waals surface area contributed by atoms with Crippen LogP contribution in [0, 0.1) is 0 Å². The van der Waals surface area contributed by atoms with E-state index in [1.807, 2.05) is 32.5 Å². The number of hydrogen-bond acceptors (Lipinski definition) is 11. The van der Waals surface area contributed by atoms with Gasteiger partial charge in [0, 0.05) is 48.7 Å². The molecule has 2 aromatic rings. The van der Waals surface area contributed by atoms with Crippen molar-refractivity contribution in [3.63, 3.8) is 0 Å². The molecule has 0 aliphatic carbocycles. The molecule has 2 aliphatic rings. The number of fused-ring (bicyclic) bond motifs is 1. The Bertz CT molecular complexity index is 1530. The maximum Gasteiger partial charge on any atom is 0.315 e. The molecule has 0 radical (unpaired) electrons. The topological polar surface area (TPSA) is 202 Å². The van der Waals surface area contributed by atoms with Crippen molar-refractivity contribution in [2.45, 2.75) is 80.7 Å². The summed E-state index contributed by atoms with van der Waals surface area (Å²) in [7, 11) is -2.77. The van der Waals surface area contributed by atoms with Gasteiger partial charge < -0.3 is 40.4 Å². The molecule has 3 atom stereocenters. The number of methoxy groups -OCH3 is 1. The van der Waals surface area contributed by atoms with Crippen LogP contribution in [0.15, 0.2) is 47.4 Å². The van der Waals surface area contributed by atoms with Crippen LogP contribution in [0.25, 0.3) is 0 Å². The maximum atomic E-state index is 12.5. The SMILES string of the molecule is CCOCOC(C)(C)CCNC(=O)CCCC[C@@H]1SCC2NC(=O)NC21.COc1cc(O)c(C(=O)c2ccccc2)cc1S(=O)(=O)NCCO. The van der Waals surface area contributed by atoms with E-state index in [9.17, 15) is 27.9 Å². The Hall–Kier alpha value is -3.41. The molecule has 2 aliphatic heterocycles. The third-order valence-corrected chi connectivity index (χ3v) is 11.1. The molecule has 0 saturated carbocycles. The number of aliphatic hydroxyl groups is 1. The van der Waals surface area contributed by atoms with Crippen molar-refractivity contribution >= 4 is 39.5 Å². The number of thioether (sulfide) groups is 1. The van der Waals surface area contributed by atoms with Gasteiger partial charge in [0.15, 0.2) is 5.78 Å². The average Bonchev–Trinajstić information content (AvgIpc) is 3.64. The van der Waals surface area contributed by atoms with Gasteiger partial charge in [0.1, 0.15) is 23.2 Å². The van der Waals surface area contributed by atoms with Crippen molar-refractivity contribution in [2.75, 3.05) is 46.0 Å². The lowest BCUT2D eigenvalue weighted by atomic mass is 10.0. The number of ketones is 1. The van der Waals surface area contributed by atoms with E-state index in [1.165, 1.54) is 7.11 Å². The molecule has 0 spiro atoms. The third kappa shape index (κ3) is 12.4. The quantitative estimate of drug-likeness (QED) is 0.0536. The van der Waals surface area contributed by atoms with Gasteiger partial charge in [-0.15, -0.1) is 0 Å². The van der Waals surface area contributed by atoms with E-state index < -0.39 is 15.8 Å². The summed E-state index contributed by atoms with van der Waals surface area (Å²) in [5.74, 6) is 0.0625. The van der Waals surface area contributed by atoms with Crippen LogP contribution in [0.5, 0.6) is 11.5 Å². The number of phenols is 1. The van der Waals surface area contributed by atoms with Crippen molar-refractivity contribution in [2.24, 2.45) is 0 Å². The zero-order valence-corrected chi connectivity index (χ0v) is 30.7. The number of carbonyl (C=O) groups excluding carboxylic acids is 3. The van der Waals surface area contributed by atoms with Crippen LogP contribution in [-0.4, -0.2) is 105 Å². The summed E-state index contributed by atoms with van der Waals surface area (Å²) < 4.78 is 42.6. The number of benzene rings is 2. The highest BCUT2D eigenvalue weighted by atomic mass is 32.2. The number of urea groups is 1. The molecule has 2 heterocycles. The first-order chi connectivity index (χ1) is 23.8. The van der Waals surface area contributed by atoms with Gasteiger partial charge in [-0.05, 0) is 46.1 Å². The Labute approximate surface area is 298 Å². The van der Waals surface area contributed by atoms with Crippen LogP contribution >= 0.6 is 11.8 Å². The minimum absolute atomic E-state index is 0.0437. The van der Waals surface area contributed by atoms with Gasteiger partial charge in [-0.3, -0.25) is 9.59 Å². The first kappa shape index (κ1) is 41.0. The molecule has 2 fully saturated rings. The number of aromatic hydroxyl groups is 1. The van der Waals surface area contributed by atoms with Crippen molar-refractivity contribution in [1.29, 1.82) is 0 Å². The second-order valence-corrected chi connectivity index (χ2v) is 15.3. The number of unbranched alkanes of at least 4 members (excludes halogenated alkanes) is 1. The average molecular weight is 739 g/mol. The molecule has 16 heteroatoms. The summed E-state index contributed by atoms with van der Waals surface area (Å²) >= 11 is 1.92. The highest BCUT2D eigenvalue weighted by Crippen LogP contribution is 2.34. The Kier molecular flexibility index (Phi) is 16.3. The predicted molar refractivity (Wildman–Crippen MR) is 190 cm³/mol. The van der Waals surface area contributed by atoms with Gasteiger partial charge in [-0.2, -0.15) is 11.8 Å². The van der Waals surface area contributed by atoms with Crippen molar-refractivity contribution in [1.82, 2.24) is 20.7 Å². The van der Waals surface area contributed by atoms with Gasteiger partial charge in [0.25, 0.3) is 0 Å². The lowest BCUT2D eigenvalue weighted by molar-refractivity contribution is -0.129. The highest BCUT2D eigenvalue weighted by Gasteiger charge is 2.42. The zero-order valence-electron chi connectivity index (χ0n) is 29.0. The molecular weight excluding hydrogens is 689 g/mol. The molecule has 2 unspecified atom stereocenters. The van der Waals surface area contributed by atoms with Crippen molar-refractivity contribution in [3.05, 3.63) is 53.6 Å². The number of aliphatic hydroxyl groups excluding tert-OH is 1. The largest absolute Gasteiger partial charge is 0.507 e. The molecular formula is C34H50N4O10S2. The summed E-state index contributed by atoms with van der Waals surface area (Å²) in [5.41, 5.74) is -0.158. The second-order valence-electron chi connectivity index (χ2n) is 12.3. The number of ether oxygens (including phenoxy) is 3. The van der Waals surface area contributed by atoms with Crippen LogP contribution in [0.4, 0.5) is 4.79 Å². The number of sulfonamides is 1. The molecule has 0 aromatic heterocycles. The van der Waals surface area contributed by atoms with Crippen LogP contribution in [-0.2, 0) is 24.3 Å². The van der Waals surface area contributed by atoms with Crippen LogP contribution in [0.2, 0.25) is 0 Å². The molecule has 3 amide bonds. The van der Waals surface area contributed by atoms with E-state index in [0.29, 0.717) is 30.4 Å². The monoisotopic (exact) mass is 738 g/mol. The fourth-order valence-corrected chi connectivity index (χ4v) is 8.06. The number of rotatable bonds is 19. The lowest BCUT2D eigenvalue weighted by Gasteiger charge is -2.25. The Morgan fingerprint density at radius 3 is 2.52 bits per heavy atom. The third-order valence-electron chi connectivity index (χ3n) is 8.12. The minimum Gasteiger partial charge on any atom is -0.507 e. The van der Waals surface area contributed by atoms with Crippen molar-refractivity contribution < 1.29 is 47.2 Å². The first-order valence-electron chi connectivity index (χ1n) is 16.6. The Balaban J connectivity index is 0.000000271. The zero-order chi connectivity index (χ0) is 36.7. The molecule has 6 N–H and O–H groups in total. The molecule has 4 rings (SSSR count). The highest BCUT2D eigenvalue weighted by molar-refractivity contribution is 8.00. The lowest BCUT2D eigenvalue weighted by Crippen LogP contribution is -2.36. The summed E-state index contributed by atoms with van der Waals surface area (Å²) in [6, 6.07) is 10.8. The van der Waals surface area contributed by atoms with Gasteiger partial charge >= 0.3 is 6.03 Å².